The molecular formula is C37H34O4S4. The third kappa shape index (κ3) is 5.43. The molecule has 2 saturated heterocycles. The van der Waals surface area contributed by atoms with E-state index >= 15 is 0 Å². The zero-order valence-corrected chi connectivity index (χ0v) is 28.9. The molecule has 8 heteroatoms. The Balaban J connectivity index is 1.35. The SMILES string of the molecule is Cc1cc(C2(c3cc(C)c(OCC4CSC(=S)O4)c(C)c3)c3ccccc3-c3ccccc32)cc(C)c1OCC1CSC(=S)O1. The van der Waals surface area contributed by atoms with Crippen LogP contribution in [0.1, 0.15) is 44.5 Å². The second-order valence-electron chi connectivity index (χ2n) is 11.9. The van der Waals surface area contributed by atoms with Gasteiger partial charge in [-0.2, -0.15) is 0 Å². The van der Waals surface area contributed by atoms with Crippen molar-refractivity contribution in [1.82, 2.24) is 0 Å². The number of hydrogen-bond acceptors (Lipinski definition) is 8. The van der Waals surface area contributed by atoms with Crippen molar-refractivity contribution < 1.29 is 18.9 Å². The number of thiocarbonyl (C=S) groups is 2. The molecule has 0 bridgehead atoms. The average Bonchev–Trinajstić information content (AvgIpc) is 3.72. The van der Waals surface area contributed by atoms with Gasteiger partial charge < -0.3 is 18.9 Å². The van der Waals surface area contributed by atoms with Crippen LogP contribution in [0.15, 0.2) is 72.8 Å². The maximum absolute atomic E-state index is 6.39. The highest BCUT2D eigenvalue weighted by atomic mass is 32.2. The van der Waals surface area contributed by atoms with Crippen LogP contribution in [0.5, 0.6) is 11.5 Å². The van der Waals surface area contributed by atoms with Crippen LogP contribution >= 0.6 is 48.0 Å². The normalized spacial score (nSPS) is 19.6. The van der Waals surface area contributed by atoms with Crippen LogP contribution in [-0.2, 0) is 14.9 Å². The molecule has 45 heavy (non-hydrogen) atoms. The zero-order chi connectivity index (χ0) is 31.3. The summed E-state index contributed by atoms with van der Waals surface area (Å²) >= 11 is 13.6. The predicted molar refractivity (Wildman–Crippen MR) is 194 cm³/mol. The quantitative estimate of drug-likeness (QED) is 0.152. The van der Waals surface area contributed by atoms with Crippen molar-refractivity contribution in [2.24, 2.45) is 0 Å². The van der Waals surface area contributed by atoms with Crippen molar-refractivity contribution >= 4 is 56.7 Å². The summed E-state index contributed by atoms with van der Waals surface area (Å²) in [6.45, 7) is 9.52. The fourth-order valence-corrected chi connectivity index (χ4v) is 9.12. The summed E-state index contributed by atoms with van der Waals surface area (Å²) < 4.78 is 25.5. The molecule has 0 radical (unpaired) electrons. The molecule has 0 amide bonds. The molecular weight excluding hydrogens is 637 g/mol. The van der Waals surface area contributed by atoms with Crippen molar-refractivity contribution in [1.29, 1.82) is 0 Å². The molecule has 7 rings (SSSR count). The van der Waals surface area contributed by atoms with Gasteiger partial charge in [-0.1, -0.05) is 96.3 Å². The molecule has 230 valence electrons. The van der Waals surface area contributed by atoms with Crippen LogP contribution in [0.2, 0.25) is 0 Å². The summed E-state index contributed by atoms with van der Waals surface area (Å²) in [5.74, 6) is 3.46. The lowest BCUT2D eigenvalue weighted by molar-refractivity contribution is 0.150. The summed E-state index contributed by atoms with van der Waals surface area (Å²) in [6.07, 6.45) is -0.0497. The first-order valence-corrected chi connectivity index (χ1v) is 17.9. The summed E-state index contributed by atoms with van der Waals surface area (Å²) in [5, 5.41) is 0. The van der Waals surface area contributed by atoms with Gasteiger partial charge in [-0.3, -0.25) is 0 Å². The number of aryl methyl sites for hydroxylation is 4. The van der Waals surface area contributed by atoms with E-state index in [1.54, 1.807) is 23.5 Å². The molecule has 4 aromatic carbocycles. The van der Waals surface area contributed by atoms with E-state index in [-0.39, 0.29) is 12.2 Å². The van der Waals surface area contributed by atoms with Crippen molar-refractivity contribution in [2.75, 3.05) is 24.7 Å². The number of thioether (sulfide) groups is 2. The third-order valence-corrected chi connectivity index (χ3v) is 11.5. The van der Waals surface area contributed by atoms with Crippen LogP contribution in [0.3, 0.4) is 0 Å². The molecule has 2 heterocycles. The Labute approximate surface area is 284 Å². The van der Waals surface area contributed by atoms with Crippen LogP contribution in [0.25, 0.3) is 11.1 Å². The van der Waals surface area contributed by atoms with E-state index in [1.165, 1.54) is 33.4 Å². The lowest BCUT2D eigenvalue weighted by Crippen LogP contribution is -2.29. The largest absolute Gasteiger partial charge is 0.489 e. The van der Waals surface area contributed by atoms with Gasteiger partial charge in [-0.25, -0.2) is 0 Å². The number of hydrogen-bond donors (Lipinski definition) is 0. The minimum Gasteiger partial charge on any atom is -0.489 e. The van der Waals surface area contributed by atoms with Crippen LogP contribution in [0.4, 0.5) is 0 Å². The molecule has 0 saturated carbocycles. The van der Waals surface area contributed by atoms with Gasteiger partial charge in [0.25, 0.3) is 0 Å². The molecule has 0 N–H and O–H groups in total. The van der Waals surface area contributed by atoms with E-state index in [0.29, 0.717) is 22.0 Å². The van der Waals surface area contributed by atoms with E-state index in [2.05, 4.69) is 100 Å². The van der Waals surface area contributed by atoms with E-state index in [9.17, 15) is 0 Å². The topological polar surface area (TPSA) is 36.9 Å². The number of ether oxygens (including phenoxy) is 4. The number of rotatable bonds is 8. The average molecular weight is 671 g/mol. The van der Waals surface area contributed by atoms with Crippen LogP contribution in [-0.4, -0.2) is 45.7 Å². The van der Waals surface area contributed by atoms with Gasteiger partial charge in [-0.05, 0) is 108 Å². The summed E-state index contributed by atoms with van der Waals surface area (Å²) in [5.41, 5.74) is 11.4. The Morgan fingerprint density at radius 1 is 0.644 bits per heavy atom. The maximum Gasteiger partial charge on any atom is 0.220 e. The zero-order valence-electron chi connectivity index (χ0n) is 25.7. The first-order chi connectivity index (χ1) is 21.8. The van der Waals surface area contributed by atoms with Gasteiger partial charge in [0.15, 0.2) is 0 Å². The van der Waals surface area contributed by atoms with E-state index < -0.39 is 5.41 Å². The van der Waals surface area contributed by atoms with Crippen molar-refractivity contribution in [3.8, 4) is 22.6 Å². The molecule has 2 atom stereocenters. The summed E-state index contributed by atoms with van der Waals surface area (Å²) in [6, 6.07) is 26.9. The standard InChI is InChI=1S/C37H34O4S4/c1-21-13-25(14-22(2)33(21)38-17-27-19-44-35(42)40-27)37(31-11-7-5-9-29(31)30-10-6-8-12-32(30)37)26-15-23(3)34(24(4)16-26)39-18-28-20-45-36(43)41-28/h5-16,27-28H,17-20H2,1-4H3. The lowest BCUT2D eigenvalue weighted by atomic mass is 9.66. The molecule has 2 fully saturated rings. The summed E-state index contributed by atoms with van der Waals surface area (Å²) in [7, 11) is 0. The van der Waals surface area contributed by atoms with Gasteiger partial charge in [0.05, 0.1) is 5.41 Å². The Kier molecular flexibility index (Phi) is 8.36. The second kappa shape index (κ2) is 12.3. The molecule has 2 unspecified atom stereocenters. The molecule has 2 aliphatic heterocycles. The third-order valence-electron chi connectivity index (χ3n) is 8.87. The maximum atomic E-state index is 6.39. The smallest absolute Gasteiger partial charge is 0.220 e. The number of fused-ring (bicyclic) bond motifs is 3. The van der Waals surface area contributed by atoms with Gasteiger partial charge in [0.2, 0.25) is 8.77 Å². The Bertz CT molecular complexity index is 1650. The van der Waals surface area contributed by atoms with Crippen LogP contribution < -0.4 is 9.47 Å². The van der Waals surface area contributed by atoms with E-state index in [4.69, 9.17) is 43.4 Å². The lowest BCUT2D eigenvalue weighted by Gasteiger charge is -2.35. The van der Waals surface area contributed by atoms with Crippen molar-refractivity contribution in [3.05, 3.63) is 117 Å². The van der Waals surface area contributed by atoms with Crippen molar-refractivity contribution in [3.63, 3.8) is 0 Å². The Morgan fingerprint density at radius 3 is 1.38 bits per heavy atom. The van der Waals surface area contributed by atoms with E-state index in [0.717, 1.165) is 45.3 Å². The highest BCUT2D eigenvalue weighted by molar-refractivity contribution is 8.23. The monoisotopic (exact) mass is 670 g/mol. The minimum absolute atomic E-state index is 0.0248. The van der Waals surface area contributed by atoms with Crippen LogP contribution in [0, 0.1) is 27.7 Å². The first-order valence-electron chi connectivity index (χ1n) is 15.1. The van der Waals surface area contributed by atoms with Gasteiger partial charge >= 0.3 is 0 Å². The Morgan fingerprint density at radius 2 is 1.02 bits per heavy atom. The molecule has 4 aromatic rings. The van der Waals surface area contributed by atoms with Gasteiger partial charge in [0.1, 0.15) is 36.9 Å². The number of benzene rings is 4. The second-order valence-corrected chi connectivity index (χ2v) is 15.2. The fourth-order valence-electron chi connectivity index (χ4n) is 7.06. The summed E-state index contributed by atoms with van der Waals surface area (Å²) in [4.78, 5) is 0. The highest BCUT2D eigenvalue weighted by Crippen LogP contribution is 2.57. The molecule has 0 aromatic heterocycles. The molecule has 3 aliphatic rings. The van der Waals surface area contributed by atoms with Gasteiger partial charge in [-0.15, -0.1) is 0 Å². The predicted octanol–water partition coefficient (Wildman–Crippen LogP) is 8.87. The first kappa shape index (κ1) is 30.6. The van der Waals surface area contributed by atoms with E-state index in [1.807, 2.05) is 0 Å². The van der Waals surface area contributed by atoms with Gasteiger partial charge in [0, 0.05) is 11.5 Å². The van der Waals surface area contributed by atoms with Crippen molar-refractivity contribution in [2.45, 2.75) is 45.3 Å². The molecule has 1 aliphatic carbocycles. The molecule has 0 spiro atoms. The highest BCUT2D eigenvalue weighted by Gasteiger charge is 2.46. The Hall–Kier alpha value is -3.04. The minimum atomic E-state index is -0.524. The molecule has 4 nitrogen and oxygen atoms in total. The fraction of sp³-hybridized carbons (Fsp3) is 0.297.